The van der Waals surface area contributed by atoms with E-state index in [-0.39, 0.29) is 11.3 Å². The summed E-state index contributed by atoms with van der Waals surface area (Å²) in [6, 6.07) is 10.8. The maximum Gasteiger partial charge on any atom is 0.255 e. The van der Waals surface area contributed by atoms with Crippen LogP contribution in [0.3, 0.4) is 0 Å². The lowest BCUT2D eigenvalue weighted by Crippen LogP contribution is -2.18. The number of carbonyl (C=O) groups excluding carboxylic acids is 1. The molecule has 3 aromatic rings. The lowest BCUT2D eigenvalue weighted by Gasteiger charge is -2.24. The molecule has 2 aromatic carbocycles. The summed E-state index contributed by atoms with van der Waals surface area (Å²) in [4.78, 5) is 22.6. The van der Waals surface area contributed by atoms with E-state index in [9.17, 15) is 9.35 Å². The summed E-state index contributed by atoms with van der Waals surface area (Å²) in [5.41, 5.74) is 3.06. The van der Waals surface area contributed by atoms with Crippen molar-refractivity contribution in [1.29, 1.82) is 0 Å². The summed E-state index contributed by atoms with van der Waals surface area (Å²) in [6.45, 7) is 10.2. The molecule has 0 saturated carbocycles. The minimum absolute atomic E-state index is 0.216. The fourth-order valence-corrected chi connectivity index (χ4v) is 5.31. The molecule has 1 amide bonds. The first kappa shape index (κ1) is 30.6. The number of rotatable bonds is 9. The first-order chi connectivity index (χ1) is 19.5. The Bertz CT molecular complexity index is 1350. The van der Waals surface area contributed by atoms with E-state index in [0.29, 0.717) is 40.2 Å². The van der Waals surface area contributed by atoms with Gasteiger partial charge in [0.25, 0.3) is 5.91 Å². The van der Waals surface area contributed by atoms with Crippen molar-refractivity contribution in [2.24, 2.45) is 5.92 Å². The molecule has 2 heterocycles. The number of amides is 1. The molecule has 1 fully saturated rings. The number of nitrogens with one attached hydrogen (secondary N) is 3. The quantitative estimate of drug-likeness (QED) is 0.273. The molecule has 0 radical (unpaired) electrons. The predicted molar refractivity (Wildman–Crippen MR) is 165 cm³/mol. The Morgan fingerprint density at radius 2 is 1.93 bits per heavy atom. The molecule has 2 unspecified atom stereocenters. The van der Waals surface area contributed by atoms with Crippen LogP contribution in [0.15, 0.2) is 42.6 Å². The minimum atomic E-state index is -1.32. The Labute approximate surface area is 246 Å². The van der Waals surface area contributed by atoms with Crippen molar-refractivity contribution < 1.29 is 18.8 Å². The molecule has 3 N–H and O–H groups in total. The number of methoxy groups -OCH3 is 1. The second kappa shape index (κ2) is 13.5. The molecule has 9 nitrogen and oxygen atoms in total. The normalized spacial score (nSPS) is 16.4. The van der Waals surface area contributed by atoms with E-state index in [2.05, 4.69) is 46.1 Å². The molecular formula is C31H41N5O4S. The zero-order valence-corrected chi connectivity index (χ0v) is 25.6. The third-order valence-electron chi connectivity index (χ3n) is 7.17. The van der Waals surface area contributed by atoms with Crippen LogP contribution in [-0.2, 0) is 23.2 Å². The monoisotopic (exact) mass is 579 g/mol. The predicted octanol–water partition coefficient (Wildman–Crippen LogP) is 5.77. The molecule has 1 saturated heterocycles. The number of aromatic nitrogens is 2. The van der Waals surface area contributed by atoms with Gasteiger partial charge in [0.1, 0.15) is 23.5 Å². The van der Waals surface area contributed by atoms with Gasteiger partial charge in [-0.2, -0.15) is 4.98 Å². The van der Waals surface area contributed by atoms with Crippen LogP contribution in [0.5, 0.6) is 17.4 Å². The van der Waals surface area contributed by atoms with Gasteiger partial charge >= 0.3 is 0 Å². The molecule has 1 aromatic heterocycles. The van der Waals surface area contributed by atoms with E-state index < -0.39 is 11.4 Å². The van der Waals surface area contributed by atoms with E-state index in [4.69, 9.17) is 9.47 Å². The highest BCUT2D eigenvalue weighted by Crippen LogP contribution is 2.39. The zero-order chi connectivity index (χ0) is 29.6. The highest BCUT2D eigenvalue weighted by molar-refractivity contribution is 7.92. The molecule has 1 aliphatic heterocycles. The van der Waals surface area contributed by atoms with Gasteiger partial charge in [0.2, 0.25) is 5.88 Å². The average Bonchev–Trinajstić information content (AvgIpc) is 3.18. The summed E-state index contributed by atoms with van der Waals surface area (Å²) in [5, 5.41) is 6.43. The van der Waals surface area contributed by atoms with Gasteiger partial charge in [-0.3, -0.25) is 4.79 Å². The van der Waals surface area contributed by atoms with Gasteiger partial charge in [0.15, 0.2) is 5.75 Å². The average molecular weight is 580 g/mol. The number of ether oxygens (including phenoxy) is 2. The summed E-state index contributed by atoms with van der Waals surface area (Å²) in [5.74, 6) is 2.39. The fraction of sp³-hybridized carbons (Fsp3) is 0.452. The molecule has 0 spiro atoms. The Morgan fingerprint density at radius 3 is 2.66 bits per heavy atom. The molecule has 1 aliphatic rings. The Kier molecular flexibility index (Phi) is 10.1. The molecule has 220 valence electrons. The summed E-state index contributed by atoms with van der Waals surface area (Å²) in [6.07, 6.45) is 7.53. The number of anilines is 2. The topological polar surface area (TPSA) is 120 Å². The van der Waals surface area contributed by atoms with Gasteiger partial charge in [0, 0.05) is 24.2 Å². The Morgan fingerprint density at radius 1 is 1.15 bits per heavy atom. The number of benzene rings is 2. The van der Waals surface area contributed by atoms with E-state index >= 15 is 0 Å². The second-order valence-electron chi connectivity index (χ2n) is 11.5. The zero-order valence-electron chi connectivity index (χ0n) is 24.8. The Hall–Kier alpha value is -3.34. The lowest BCUT2D eigenvalue weighted by molar-refractivity contribution is 0.102. The molecule has 0 aliphatic carbocycles. The summed E-state index contributed by atoms with van der Waals surface area (Å²) < 4.78 is 26.7. The first-order valence-corrected chi connectivity index (χ1v) is 15.5. The molecule has 10 heteroatoms. The number of hydrogen-bond donors (Lipinski definition) is 3. The van der Waals surface area contributed by atoms with Crippen molar-refractivity contribution in [3.63, 3.8) is 0 Å². The van der Waals surface area contributed by atoms with Gasteiger partial charge in [-0.15, -0.1) is 0 Å². The largest absolute Gasteiger partial charge is 0.593 e. The van der Waals surface area contributed by atoms with Crippen LogP contribution in [0, 0.1) is 12.8 Å². The van der Waals surface area contributed by atoms with Crippen molar-refractivity contribution >= 4 is 28.6 Å². The third-order valence-corrected chi connectivity index (χ3v) is 7.68. The molecule has 41 heavy (non-hydrogen) atoms. The van der Waals surface area contributed by atoms with Crippen LogP contribution >= 0.6 is 0 Å². The highest BCUT2D eigenvalue weighted by atomic mass is 32.2. The maximum absolute atomic E-state index is 13.5. The smallest absolute Gasteiger partial charge is 0.255 e. The van der Waals surface area contributed by atoms with Crippen LogP contribution in [-0.4, -0.2) is 46.9 Å². The van der Waals surface area contributed by atoms with E-state index in [1.54, 1.807) is 30.7 Å². The molecule has 2 atom stereocenters. The van der Waals surface area contributed by atoms with Crippen molar-refractivity contribution in [2.45, 2.75) is 58.8 Å². The van der Waals surface area contributed by atoms with Crippen molar-refractivity contribution in [1.82, 2.24) is 15.3 Å². The van der Waals surface area contributed by atoms with Crippen LogP contribution < -0.4 is 24.8 Å². The van der Waals surface area contributed by atoms with Gasteiger partial charge < -0.3 is 24.7 Å². The number of aryl methyl sites for hydroxylation is 1. The second-order valence-corrected chi connectivity index (χ2v) is 12.6. The van der Waals surface area contributed by atoms with E-state index in [1.165, 1.54) is 7.11 Å². The molecule has 4 rings (SSSR count). The van der Waals surface area contributed by atoms with E-state index in [1.807, 2.05) is 25.1 Å². The minimum Gasteiger partial charge on any atom is -0.593 e. The van der Waals surface area contributed by atoms with Gasteiger partial charge in [-0.1, -0.05) is 26.8 Å². The van der Waals surface area contributed by atoms with Crippen LogP contribution in [0.1, 0.15) is 67.3 Å². The standard InChI is InChI=1S/C31H41N5O4S/c1-20-9-10-22(17-26(20)40-28-12-15-33-27(35-28)16-21-8-7-13-32-14-11-21)30(37)34-24-18-23(31(2,3)4)19-25(29(24)39-5)36-41(6)38/h9-10,12,15,17-19,21,32,36H,7-8,11,13-14,16H2,1-6H3,(H,34,37). The first-order valence-electron chi connectivity index (χ1n) is 14.0. The molecule has 0 bridgehead atoms. The van der Waals surface area contributed by atoms with Crippen LogP contribution in [0.4, 0.5) is 11.4 Å². The van der Waals surface area contributed by atoms with Crippen molar-refractivity contribution in [3.8, 4) is 17.4 Å². The number of hydrogen-bond acceptors (Lipinski definition) is 8. The fourth-order valence-electron chi connectivity index (χ4n) is 4.85. The van der Waals surface area contributed by atoms with Crippen LogP contribution in [0.25, 0.3) is 0 Å². The SMILES string of the molecule is COc1c(NC(=O)c2ccc(C)c(Oc3ccnc(CC4CCCNCC4)n3)c2)cc(C(C)(C)C)cc1N[S+](C)[O-]. The van der Waals surface area contributed by atoms with E-state index in [0.717, 1.165) is 55.7 Å². The Balaban J connectivity index is 1.55. The van der Waals surface area contributed by atoms with Crippen molar-refractivity contribution in [3.05, 3.63) is 65.1 Å². The molecular weight excluding hydrogens is 538 g/mol. The maximum atomic E-state index is 13.5. The van der Waals surface area contributed by atoms with Gasteiger partial charge in [-0.25, -0.2) is 9.71 Å². The number of nitrogens with zero attached hydrogens (tertiary/aromatic N) is 2. The van der Waals surface area contributed by atoms with Crippen LogP contribution in [0.2, 0.25) is 0 Å². The van der Waals surface area contributed by atoms with Gasteiger partial charge in [0.05, 0.1) is 24.2 Å². The summed E-state index contributed by atoms with van der Waals surface area (Å²) >= 11 is -1.32. The van der Waals surface area contributed by atoms with Crippen molar-refractivity contribution in [2.75, 3.05) is 36.5 Å². The third kappa shape index (κ3) is 8.34. The number of carbonyl (C=O) groups is 1. The highest BCUT2D eigenvalue weighted by Gasteiger charge is 2.23. The lowest BCUT2D eigenvalue weighted by atomic mass is 9.86. The van der Waals surface area contributed by atoms with Gasteiger partial charge in [-0.05, 0) is 86.0 Å². The summed E-state index contributed by atoms with van der Waals surface area (Å²) in [7, 11) is 1.52.